The van der Waals surface area contributed by atoms with E-state index in [4.69, 9.17) is 0 Å². The second kappa shape index (κ2) is 13.9. The molecule has 0 aromatic heterocycles. The molecule has 0 atom stereocenters. The Bertz CT molecular complexity index is 3140. The van der Waals surface area contributed by atoms with Crippen LogP contribution in [-0.4, -0.2) is 0 Å². The predicted molar refractivity (Wildman–Crippen MR) is 251 cm³/mol. The fraction of sp³-hybridized carbons (Fsp3) is 0.0526. The summed E-state index contributed by atoms with van der Waals surface area (Å²) in [6.45, 7) is 4.75. The third-order valence-electron chi connectivity index (χ3n) is 12.4. The average molecular weight is 755 g/mol. The highest BCUT2D eigenvalue weighted by atomic mass is 15.2. The summed E-state index contributed by atoms with van der Waals surface area (Å²) in [5.74, 6) is 0. The van der Waals surface area contributed by atoms with Gasteiger partial charge in [-0.15, -0.1) is 0 Å². The van der Waals surface area contributed by atoms with Crippen LogP contribution in [0.1, 0.15) is 25.0 Å². The van der Waals surface area contributed by atoms with Crippen LogP contribution in [0.3, 0.4) is 0 Å². The molecule has 1 heterocycles. The number of anilines is 6. The van der Waals surface area contributed by atoms with Gasteiger partial charge in [-0.25, -0.2) is 0 Å². The number of nitrogens with zero attached hydrogens (tertiary/aromatic N) is 2. The van der Waals surface area contributed by atoms with Crippen molar-refractivity contribution in [3.05, 3.63) is 230 Å². The molecule has 10 aromatic rings. The van der Waals surface area contributed by atoms with Gasteiger partial charge in [0, 0.05) is 33.4 Å². The van der Waals surface area contributed by atoms with Crippen LogP contribution in [0.25, 0.3) is 54.6 Å². The molecule has 10 aromatic carbocycles. The molecule has 0 radical (unpaired) electrons. The molecule has 0 spiro atoms. The van der Waals surface area contributed by atoms with Crippen LogP contribution in [0.15, 0.2) is 218 Å². The van der Waals surface area contributed by atoms with Gasteiger partial charge in [0.1, 0.15) is 0 Å². The number of fused-ring (bicyclic) bond motifs is 6. The lowest BCUT2D eigenvalue weighted by Gasteiger charge is -2.43. The van der Waals surface area contributed by atoms with Gasteiger partial charge in [-0.2, -0.15) is 0 Å². The van der Waals surface area contributed by atoms with Crippen molar-refractivity contribution in [2.75, 3.05) is 9.80 Å². The van der Waals surface area contributed by atoms with E-state index >= 15 is 0 Å². The molecule has 2 heteroatoms. The Morgan fingerprint density at radius 2 is 0.898 bits per heavy atom. The summed E-state index contributed by atoms with van der Waals surface area (Å²) < 4.78 is 0. The summed E-state index contributed by atoms with van der Waals surface area (Å²) in [7, 11) is 0. The Morgan fingerprint density at radius 3 is 1.63 bits per heavy atom. The van der Waals surface area contributed by atoms with Gasteiger partial charge in [0.15, 0.2) is 0 Å². The molecule has 0 amide bonds. The first kappa shape index (κ1) is 34.8. The lowest BCUT2D eigenvalue weighted by Crippen LogP contribution is -2.31. The second-order valence-corrected chi connectivity index (χ2v) is 16.1. The first-order chi connectivity index (χ1) is 29.0. The number of para-hydroxylation sites is 3. The molecule has 0 aliphatic carbocycles. The molecule has 1 aliphatic heterocycles. The van der Waals surface area contributed by atoms with Crippen LogP contribution in [-0.2, 0) is 5.41 Å². The lowest BCUT2D eigenvalue weighted by atomic mass is 9.73. The summed E-state index contributed by atoms with van der Waals surface area (Å²) in [5, 5.41) is 7.47. The van der Waals surface area contributed by atoms with Gasteiger partial charge in [0.25, 0.3) is 0 Å². The fourth-order valence-electron chi connectivity index (χ4n) is 9.53. The van der Waals surface area contributed by atoms with E-state index in [0.29, 0.717) is 0 Å². The van der Waals surface area contributed by atoms with Crippen LogP contribution >= 0.6 is 0 Å². The first-order valence-electron chi connectivity index (χ1n) is 20.5. The van der Waals surface area contributed by atoms with Crippen LogP contribution in [0.5, 0.6) is 0 Å². The van der Waals surface area contributed by atoms with E-state index in [-0.39, 0.29) is 5.41 Å². The highest BCUT2D eigenvalue weighted by Crippen LogP contribution is 2.56. The monoisotopic (exact) mass is 754 g/mol. The Balaban J connectivity index is 1.13. The Kier molecular flexibility index (Phi) is 8.20. The van der Waals surface area contributed by atoms with E-state index < -0.39 is 0 Å². The van der Waals surface area contributed by atoms with Crippen LogP contribution in [0.2, 0.25) is 0 Å². The van der Waals surface area contributed by atoms with Gasteiger partial charge in [0.05, 0.1) is 17.1 Å². The molecule has 0 saturated carbocycles. The van der Waals surface area contributed by atoms with Crippen LogP contribution < -0.4 is 9.80 Å². The van der Waals surface area contributed by atoms with Gasteiger partial charge in [-0.05, 0) is 109 Å². The molecular weight excluding hydrogens is 713 g/mol. The zero-order valence-electron chi connectivity index (χ0n) is 33.2. The minimum absolute atomic E-state index is 0.225. The van der Waals surface area contributed by atoms with E-state index in [1.54, 1.807) is 0 Å². The maximum absolute atomic E-state index is 2.57. The minimum atomic E-state index is -0.225. The maximum Gasteiger partial charge on any atom is 0.0618 e. The molecule has 0 fully saturated rings. The summed E-state index contributed by atoms with van der Waals surface area (Å²) in [6, 6.07) is 80.0. The topological polar surface area (TPSA) is 6.48 Å². The molecule has 11 rings (SSSR count). The third kappa shape index (κ3) is 5.71. The smallest absolute Gasteiger partial charge is 0.0618 e. The van der Waals surface area contributed by atoms with Gasteiger partial charge in [-0.3, -0.25) is 0 Å². The summed E-state index contributed by atoms with van der Waals surface area (Å²) in [6.07, 6.45) is 0. The third-order valence-corrected chi connectivity index (χ3v) is 12.4. The molecular formula is C57H42N2. The van der Waals surface area contributed by atoms with Crippen molar-refractivity contribution in [3.8, 4) is 22.3 Å². The first-order valence-corrected chi connectivity index (χ1v) is 20.5. The zero-order valence-corrected chi connectivity index (χ0v) is 33.2. The maximum atomic E-state index is 2.57. The molecule has 2 nitrogen and oxygen atoms in total. The van der Waals surface area contributed by atoms with E-state index in [1.807, 2.05) is 0 Å². The van der Waals surface area contributed by atoms with E-state index in [0.717, 1.165) is 17.1 Å². The van der Waals surface area contributed by atoms with Crippen molar-refractivity contribution in [2.24, 2.45) is 0 Å². The zero-order chi connectivity index (χ0) is 39.5. The van der Waals surface area contributed by atoms with E-state index in [1.165, 1.54) is 82.8 Å². The second-order valence-electron chi connectivity index (χ2n) is 16.1. The summed E-state index contributed by atoms with van der Waals surface area (Å²) in [5.41, 5.74) is 14.2. The molecule has 0 N–H and O–H groups in total. The Morgan fingerprint density at radius 1 is 0.356 bits per heavy atom. The summed E-state index contributed by atoms with van der Waals surface area (Å²) in [4.78, 5) is 4.89. The Labute approximate surface area is 345 Å². The quantitative estimate of drug-likeness (QED) is 0.156. The Hall–Kier alpha value is -7.42. The van der Waals surface area contributed by atoms with Crippen molar-refractivity contribution in [1.29, 1.82) is 0 Å². The number of hydrogen-bond donors (Lipinski definition) is 0. The van der Waals surface area contributed by atoms with Gasteiger partial charge in [0.2, 0.25) is 0 Å². The fourth-order valence-corrected chi connectivity index (χ4v) is 9.53. The molecule has 59 heavy (non-hydrogen) atoms. The SMILES string of the molecule is CC1(C)c2ccccc2N(c2c(-c3cc4ccccc4c4ccccc34)ccc3ccccc23)c2cc(-c3ccc(N(c4ccccc4)c4ccccc4)cc3)ccc21. The molecule has 0 saturated heterocycles. The predicted octanol–water partition coefficient (Wildman–Crippen LogP) is 16.1. The molecule has 0 unspecified atom stereocenters. The summed E-state index contributed by atoms with van der Waals surface area (Å²) >= 11 is 0. The van der Waals surface area contributed by atoms with Crippen LogP contribution in [0, 0.1) is 0 Å². The highest BCUT2D eigenvalue weighted by molar-refractivity contribution is 6.17. The van der Waals surface area contributed by atoms with Crippen molar-refractivity contribution < 1.29 is 0 Å². The van der Waals surface area contributed by atoms with E-state index in [9.17, 15) is 0 Å². The normalized spacial score (nSPS) is 13.0. The van der Waals surface area contributed by atoms with Gasteiger partial charge in [-0.1, -0.05) is 178 Å². The van der Waals surface area contributed by atoms with Gasteiger partial charge >= 0.3 is 0 Å². The molecule has 1 aliphatic rings. The van der Waals surface area contributed by atoms with Crippen LogP contribution in [0.4, 0.5) is 34.1 Å². The highest BCUT2D eigenvalue weighted by Gasteiger charge is 2.38. The largest absolute Gasteiger partial charge is 0.311 e. The van der Waals surface area contributed by atoms with Crippen molar-refractivity contribution >= 4 is 66.4 Å². The number of hydrogen-bond acceptors (Lipinski definition) is 2. The molecule has 0 bridgehead atoms. The van der Waals surface area contributed by atoms with Crippen molar-refractivity contribution in [3.63, 3.8) is 0 Å². The number of rotatable bonds is 6. The van der Waals surface area contributed by atoms with Crippen molar-refractivity contribution in [2.45, 2.75) is 19.3 Å². The minimum Gasteiger partial charge on any atom is -0.311 e. The van der Waals surface area contributed by atoms with Crippen molar-refractivity contribution in [1.82, 2.24) is 0 Å². The van der Waals surface area contributed by atoms with Gasteiger partial charge < -0.3 is 9.80 Å². The standard InChI is InChI=1S/C57H42N2/c1-57(2)52-27-15-16-28-54(52)59(56-47-24-12-9-17-40(47)31-35-50(56)51-37-42-18-10-11-23-46(42)48-25-13-14-26-49(48)51)55-38-41(32-36-53(55)57)39-29-33-45(34-30-39)58(43-19-5-3-6-20-43)44-21-7-4-8-22-44/h3-38H,1-2H3. The molecule has 280 valence electrons. The van der Waals surface area contributed by atoms with E-state index in [2.05, 4.69) is 242 Å². The average Bonchev–Trinajstić information content (AvgIpc) is 3.30. The number of benzene rings is 10. The lowest BCUT2D eigenvalue weighted by molar-refractivity contribution is 0.632.